The predicted molar refractivity (Wildman–Crippen MR) is 142 cm³/mol. The van der Waals surface area contributed by atoms with Crippen LogP contribution in [0.15, 0.2) is 82.8 Å². The van der Waals surface area contributed by atoms with Gasteiger partial charge in [-0.15, -0.1) is 0 Å². The molecule has 37 heavy (non-hydrogen) atoms. The van der Waals surface area contributed by atoms with Gasteiger partial charge >= 0.3 is 0 Å². The zero-order chi connectivity index (χ0) is 27.0. The number of ether oxygens (including phenoxy) is 2. The molecule has 0 aliphatic rings. The van der Waals surface area contributed by atoms with Crippen LogP contribution in [0, 0.1) is 0 Å². The Morgan fingerprint density at radius 1 is 0.919 bits per heavy atom. The summed E-state index contributed by atoms with van der Waals surface area (Å²) in [5, 5.41) is 6.79. The Morgan fingerprint density at radius 3 is 2.19 bits per heavy atom. The zero-order valence-electron chi connectivity index (χ0n) is 20.9. The molecule has 194 valence electrons. The molecule has 0 radical (unpaired) electrons. The number of anilines is 2. The average Bonchev–Trinajstić information content (AvgIpc) is 2.90. The summed E-state index contributed by atoms with van der Waals surface area (Å²) in [6, 6.07) is 19.3. The van der Waals surface area contributed by atoms with Gasteiger partial charge in [-0.3, -0.25) is 13.9 Å². The molecule has 0 aliphatic heterocycles. The van der Waals surface area contributed by atoms with E-state index in [1.54, 1.807) is 55.5 Å². The molecule has 2 amide bonds. The molecule has 10 nitrogen and oxygen atoms in total. The molecule has 0 unspecified atom stereocenters. The fourth-order valence-corrected chi connectivity index (χ4v) is 4.84. The summed E-state index contributed by atoms with van der Waals surface area (Å²) in [4.78, 5) is 24.1. The van der Waals surface area contributed by atoms with E-state index in [2.05, 4.69) is 15.8 Å². The van der Waals surface area contributed by atoms with Crippen LogP contribution in [0.1, 0.15) is 19.4 Å². The first-order chi connectivity index (χ1) is 17.6. The van der Waals surface area contributed by atoms with Crippen LogP contribution in [0.3, 0.4) is 0 Å². The molecule has 0 atom stereocenters. The SMILES string of the molecule is COc1ccc(N(CC(=O)N/N=C(/C)c2ccc(NC(C)=O)cc2)S(=O)(=O)c2ccccc2)c(OC)c1. The monoisotopic (exact) mass is 524 g/mol. The molecule has 0 spiro atoms. The molecular formula is C26H28N4O6S. The molecule has 0 heterocycles. The molecule has 0 saturated carbocycles. The van der Waals surface area contributed by atoms with E-state index in [0.29, 0.717) is 22.7 Å². The summed E-state index contributed by atoms with van der Waals surface area (Å²) in [7, 11) is -1.26. The van der Waals surface area contributed by atoms with E-state index < -0.39 is 22.5 Å². The smallest absolute Gasteiger partial charge is 0.264 e. The first-order valence-electron chi connectivity index (χ1n) is 11.2. The Hall–Kier alpha value is -4.38. The highest BCUT2D eigenvalue weighted by Crippen LogP contribution is 2.35. The van der Waals surface area contributed by atoms with E-state index >= 15 is 0 Å². The lowest BCUT2D eigenvalue weighted by Crippen LogP contribution is -2.40. The van der Waals surface area contributed by atoms with E-state index in [0.717, 1.165) is 4.31 Å². The summed E-state index contributed by atoms with van der Waals surface area (Å²) >= 11 is 0. The lowest BCUT2D eigenvalue weighted by molar-refractivity contribution is -0.119. The van der Waals surface area contributed by atoms with Crippen LogP contribution in [-0.2, 0) is 19.6 Å². The first-order valence-corrected chi connectivity index (χ1v) is 12.6. The van der Waals surface area contributed by atoms with Crippen molar-refractivity contribution in [2.75, 3.05) is 30.4 Å². The highest BCUT2D eigenvalue weighted by molar-refractivity contribution is 7.92. The van der Waals surface area contributed by atoms with Crippen molar-refractivity contribution >= 4 is 38.9 Å². The number of hydrogen-bond acceptors (Lipinski definition) is 7. The van der Waals surface area contributed by atoms with E-state index in [1.165, 1.54) is 45.4 Å². The van der Waals surface area contributed by atoms with Crippen LogP contribution in [0.5, 0.6) is 11.5 Å². The van der Waals surface area contributed by atoms with Crippen molar-refractivity contribution in [1.82, 2.24) is 5.43 Å². The molecule has 2 N–H and O–H groups in total. The van der Waals surface area contributed by atoms with Crippen LogP contribution in [0.2, 0.25) is 0 Å². The normalized spacial score (nSPS) is 11.4. The molecule has 11 heteroatoms. The Morgan fingerprint density at radius 2 is 1.59 bits per heavy atom. The Kier molecular flexibility index (Phi) is 8.86. The molecule has 3 rings (SSSR count). The van der Waals surface area contributed by atoms with Gasteiger partial charge in [-0.05, 0) is 48.9 Å². The largest absolute Gasteiger partial charge is 0.497 e. The minimum absolute atomic E-state index is 0.0135. The highest BCUT2D eigenvalue weighted by Gasteiger charge is 2.29. The second-order valence-corrected chi connectivity index (χ2v) is 9.72. The first kappa shape index (κ1) is 27.2. The third kappa shape index (κ3) is 6.85. The van der Waals surface area contributed by atoms with Crippen LogP contribution in [-0.4, -0.2) is 46.7 Å². The van der Waals surface area contributed by atoms with Crippen molar-refractivity contribution in [3.63, 3.8) is 0 Å². The van der Waals surface area contributed by atoms with Crippen LogP contribution in [0.25, 0.3) is 0 Å². The predicted octanol–water partition coefficient (Wildman–Crippen LogP) is 3.40. The third-order valence-corrected chi connectivity index (χ3v) is 7.02. The van der Waals surface area contributed by atoms with Gasteiger partial charge in [-0.2, -0.15) is 5.10 Å². The summed E-state index contributed by atoms with van der Waals surface area (Å²) in [6.45, 7) is 2.55. The molecule has 3 aromatic rings. The van der Waals surface area contributed by atoms with Crippen molar-refractivity contribution in [2.24, 2.45) is 5.10 Å². The number of carbonyl (C=O) groups is 2. The number of sulfonamides is 1. The maximum absolute atomic E-state index is 13.6. The number of rotatable bonds is 10. The number of hydrazone groups is 1. The van der Waals surface area contributed by atoms with Gasteiger partial charge in [-0.25, -0.2) is 13.8 Å². The molecule has 0 bridgehead atoms. The number of carbonyl (C=O) groups excluding carboxylic acids is 2. The Bertz CT molecular complexity index is 1390. The minimum Gasteiger partial charge on any atom is -0.497 e. The molecule has 0 fully saturated rings. The Labute approximate surface area is 216 Å². The number of methoxy groups -OCH3 is 2. The van der Waals surface area contributed by atoms with Gasteiger partial charge in [0.1, 0.15) is 18.0 Å². The second kappa shape index (κ2) is 12.0. The van der Waals surface area contributed by atoms with Gasteiger partial charge in [0, 0.05) is 18.7 Å². The van der Waals surface area contributed by atoms with E-state index in [1.807, 2.05) is 0 Å². The molecule has 0 saturated heterocycles. The quantitative estimate of drug-likeness (QED) is 0.309. The van der Waals surface area contributed by atoms with Crippen molar-refractivity contribution in [3.8, 4) is 11.5 Å². The third-order valence-electron chi connectivity index (χ3n) is 5.25. The van der Waals surface area contributed by atoms with Gasteiger partial charge < -0.3 is 14.8 Å². The summed E-state index contributed by atoms with van der Waals surface area (Å²) in [5.74, 6) is -0.169. The second-order valence-electron chi connectivity index (χ2n) is 7.85. The maximum atomic E-state index is 13.6. The van der Waals surface area contributed by atoms with Gasteiger partial charge in [-0.1, -0.05) is 30.3 Å². The van der Waals surface area contributed by atoms with Crippen LogP contribution in [0.4, 0.5) is 11.4 Å². The number of benzene rings is 3. The number of nitrogens with one attached hydrogen (secondary N) is 2. The lowest BCUT2D eigenvalue weighted by atomic mass is 10.1. The van der Waals surface area contributed by atoms with Gasteiger partial charge in [0.15, 0.2) is 0 Å². The van der Waals surface area contributed by atoms with Crippen LogP contribution >= 0.6 is 0 Å². The van der Waals surface area contributed by atoms with E-state index in [4.69, 9.17) is 9.47 Å². The number of amides is 2. The standard InChI is InChI=1S/C26H28N4O6S/c1-18(20-10-12-21(13-11-20)27-19(2)31)28-29-26(32)17-30(37(33,34)23-8-6-5-7-9-23)24-15-14-22(35-3)16-25(24)36-4/h5-16H,17H2,1-4H3,(H,27,31)(H,29,32)/b28-18-. The topological polar surface area (TPSA) is 126 Å². The van der Waals surface area contributed by atoms with Crippen molar-refractivity contribution < 1.29 is 27.5 Å². The van der Waals surface area contributed by atoms with Crippen molar-refractivity contribution in [3.05, 3.63) is 78.4 Å². The Balaban J connectivity index is 1.88. The summed E-state index contributed by atoms with van der Waals surface area (Å²) in [5.41, 5.74) is 4.41. The number of hydrogen-bond donors (Lipinski definition) is 2. The molecular weight excluding hydrogens is 496 g/mol. The van der Waals surface area contributed by atoms with E-state index in [-0.39, 0.29) is 22.2 Å². The van der Waals surface area contributed by atoms with Crippen molar-refractivity contribution in [2.45, 2.75) is 18.7 Å². The summed E-state index contributed by atoms with van der Waals surface area (Å²) < 4.78 is 38.7. The van der Waals surface area contributed by atoms with Crippen molar-refractivity contribution in [1.29, 1.82) is 0 Å². The fraction of sp³-hybridized carbons (Fsp3) is 0.192. The van der Waals surface area contributed by atoms with Gasteiger partial charge in [0.2, 0.25) is 5.91 Å². The van der Waals surface area contributed by atoms with Gasteiger partial charge in [0.25, 0.3) is 15.9 Å². The van der Waals surface area contributed by atoms with Gasteiger partial charge in [0.05, 0.1) is 30.5 Å². The highest BCUT2D eigenvalue weighted by atomic mass is 32.2. The summed E-state index contributed by atoms with van der Waals surface area (Å²) in [6.07, 6.45) is 0. The molecule has 0 aromatic heterocycles. The van der Waals surface area contributed by atoms with Crippen LogP contribution < -0.4 is 24.5 Å². The minimum atomic E-state index is -4.14. The molecule has 3 aromatic carbocycles. The van der Waals surface area contributed by atoms with E-state index in [9.17, 15) is 18.0 Å². The maximum Gasteiger partial charge on any atom is 0.264 e. The number of nitrogens with zero attached hydrogens (tertiary/aromatic N) is 2. The lowest BCUT2D eigenvalue weighted by Gasteiger charge is -2.25. The zero-order valence-corrected chi connectivity index (χ0v) is 21.7. The average molecular weight is 525 g/mol. The fourth-order valence-electron chi connectivity index (χ4n) is 3.38. The molecule has 0 aliphatic carbocycles.